The van der Waals surface area contributed by atoms with Crippen molar-refractivity contribution in [2.24, 2.45) is 5.11 Å². The molecule has 1 aliphatic heterocycles. The number of ether oxygens (including phenoxy) is 2. The van der Waals surface area contributed by atoms with E-state index in [1.807, 2.05) is 37.3 Å². The van der Waals surface area contributed by atoms with Crippen LogP contribution in [0.1, 0.15) is 12.5 Å². The van der Waals surface area contributed by atoms with Crippen LogP contribution in [0.15, 0.2) is 59.6 Å². The Kier molecular flexibility index (Phi) is 3.23. The van der Waals surface area contributed by atoms with Gasteiger partial charge in [0.1, 0.15) is 0 Å². The van der Waals surface area contributed by atoms with E-state index in [1.54, 1.807) is 12.2 Å². The molecule has 1 aliphatic rings. The van der Waals surface area contributed by atoms with Crippen molar-refractivity contribution in [2.45, 2.75) is 12.6 Å². The summed E-state index contributed by atoms with van der Waals surface area (Å²) in [6, 6.07) is 9.25. The quantitative estimate of drug-likeness (QED) is 0.745. The molecule has 0 aromatic heterocycles. The third-order valence-corrected chi connectivity index (χ3v) is 2.50. The van der Waals surface area contributed by atoms with E-state index in [9.17, 15) is 5.53 Å². The van der Waals surface area contributed by atoms with Crippen LogP contribution in [0, 0.1) is 0 Å². The molecule has 17 heavy (non-hydrogen) atoms. The Bertz CT molecular complexity index is 454. The molecule has 4 heteroatoms. The first-order chi connectivity index (χ1) is 8.33. The maximum atomic E-state index is 9.34. The van der Waals surface area contributed by atoms with Crippen LogP contribution >= 0.6 is 0 Å². The minimum absolute atomic E-state index is 0.469. The summed E-state index contributed by atoms with van der Waals surface area (Å²) in [4.78, 5) is 0. The van der Waals surface area contributed by atoms with Crippen LogP contribution in [0.25, 0.3) is 0 Å². The van der Waals surface area contributed by atoms with Gasteiger partial charge in [0.15, 0.2) is 5.76 Å². The summed E-state index contributed by atoms with van der Waals surface area (Å²) in [5.74, 6) is 0.469. The van der Waals surface area contributed by atoms with Gasteiger partial charge in [-0.05, 0) is 24.6 Å². The van der Waals surface area contributed by atoms with Crippen LogP contribution in [0.5, 0.6) is 0 Å². The number of benzene rings is 1. The summed E-state index contributed by atoms with van der Waals surface area (Å²) in [7, 11) is 0. The standard InChI is InChI=1S/C13H13N2O2/c1-2-16-12-9-6-10-17-13(12,15-14)11-7-4-3-5-8-11/h3-10H,2H2,1H3. The number of hydrogen-bond acceptors (Lipinski definition) is 3. The molecule has 1 aromatic carbocycles. The van der Waals surface area contributed by atoms with Crippen LogP contribution < -0.4 is 5.53 Å². The highest BCUT2D eigenvalue weighted by molar-refractivity contribution is 5.33. The fraction of sp³-hybridized carbons (Fsp3) is 0.231. The lowest BCUT2D eigenvalue weighted by molar-refractivity contribution is -0.00738. The summed E-state index contributed by atoms with van der Waals surface area (Å²) >= 11 is 0. The number of hydrogen-bond donors (Lipinski definition) is 0. The van der Waals surface area contributed by atoms with Crippen LogP contribution in [0.4, 0.5) is 0 Å². The zero-order chi connectivity index (χ0) is 12.1. The Balaban J connectivity index is 2.47. The maximum Gasteiger partial charge on any atom is 0.303 e. The van der Waals surface area contributed by atoms with Gasteiger partial charge in [0.2, 0.25) is 0 Å². The van der Waals surface area contributed by atoms with Crippen molar-refractivity contribution < 1.29 is 9.47 Å². The lowest BCUT2D eigenvalue weighted by Gasteiger charge is -2.30. The van der Waals surface area contributed by atoms with E-state index >= 15 is 0 Å². The smallest absolute Gasteiger partial charge is 0.303 e. The number of nitrogens with zero attached hydrogens (tertiary/aromatic N) is 2. The first-order valence-electron chi connectivity index (χ1n) is 5.43. The second kappa shape index (κ2) is 4.82. The van der Waals surface area contributed by atoms with E-state index in [4.69, 9.17) is 9.47 Å². The van der Waals surface area contributed by atoms with Crippen LogP contribution in [-0.4, -0.2) is 6.61 Å². The molecule has 0 N–H and O–H groups in total. The van der Waals surface area contributed by atoms with E-state index in [1.165, 1.54) is 6.26 Å². The molecule has 1 heterocycles. The van der Waals surface area contributed by atoms with E-state index in [0.29, 0.717) is 17.9 Å². The van der Waals surface area contributed by atoms with Gasteiger partial charge in [0.05, 0.1) is 12.9 Å². The Labute approximate surface area is 100 Å². The normalized spacial score (nSPS) is 22.5. The van der Waals surface area contributed by atoms with Crippen LogP contribution in [-0.2, 0) is 15.2 Å². The molecule has 1 atom stereocenters. The molecule has 1 aromatic rings. The van der Waals surface area contributed by atoms with Gasteiger partial charge in [-0.1, -0.05) is 30.3 Å². The van der Waals surface area contributed by atoms with E-state index in [-0.39, 0.29) is 0 Å². The fourth-order valence-corrected chi connectivity index (χ4v) is 1.74. The Morgan fingerprint density at radius 2 is 2.12 bits per heavy atom. The predicted molar refractivity (Wildman–Crippen MR) is 62.6 cm³/mol. The molecule has 1 radical (unpaired) electrons. The second-order valence-electron chi connectivity index (χ2n) is 3.52. The largest absolute Gasteiger partial charge is 0.491 e. The van der Waals surface area contributed by atoms with Crippen LogP contribution in [0.2, 0.25) is 0 Å². The molecule has 2 rings (SSSR count). The highest BCUT2D eigenvalue weighted by atomic mass is 16.6. The van der Waals surface area contributed by atoms with E-state index in [2.05, 4.69) is 5.11 Å². The summed E-state index contributed by atoms with van der Waals surface area (Å²) in [5.41, 5.74) is 8.77. The van der Waals surface area contributed by atoms with Crippen molar-refractivity contribution in [1.82, 2.24) is 5.53 Å². The van der Waals surface area contributed by atoms with Gasteiger partial charge in [-0.15, -0.1) is 5.11 Å². The third-order valence-electron chi connectivity index (χ3n) is 2.50. The summed E-state index contributed by atoms with van der Waals surface area (Å²) in [6.07, 6.45) is 4.92. The van der Waals surface area contributed by atoms with Crippen LogP contribution in [0.3, 0.4) is 0 Å². The summed E-state index contributed by atoms with van der Waals surface area (Å²) in [5, 5.41) is 3.38. The van der Waals surface area contributed by atoms with Gasteiger partial charge >= 0.3 is 5.72 Å². The molecule has 0 spiro atoms. The highest BCUT2D eigenvalue weighted by Gasteiger charge is 2.41. The molecular formula is C13H13N2O2. The highest BCUT2D eigenvalue weighted by Crippen LogP contribution is 2.37. The second-order valence-corrected chi connectivity index (χ2v) is 3.52. The van der Waals surface area contributed by atoms with Gasteiger partial charge in [-0.2, -0.15) is 0 Å². The molecule has 0 saturated carbocycles. The summed E-state index contributed by atoms with van der Waals surface area (Å²) < 4.78 is 11.0. The van der Waals surface area contributed by atoms with Crippen molar-refractivity contribution in [1.29, 1.82) is 0 Å². The van der Waals surface area contributed by atoms with Gasteiger partial charge in [-0.3, -0.25) is 0 Å². The lowest BCUT2D eigenvalue weighted by atomic mass is 10.00. The topological polar surface area (TPSA) is 53.1 Å². The van der Waals surface area contributed by atoms with E-state index in [0.717, 1.165) is 0 Å². The number of rotatable bonds is 4. The number of allylic oxidation sites excluding steroid dienone is 2. The average molecular weight is 229 g/mol. The molecule has 0 amide bonds. The monoisotopic (exact) mass is 229 g/mol. The third kappa shape index (κ3) is 1.93. The van der Waals surface area contributed by atoms with E-state index < -0.39 is 5.72 Å². The Hall–Kier alpha value is -2.10. The van der Waals surface area contributed by atoms with Crippen molar-refractivity contribution in [3.63, 3.8) is 0 Å². The van der Waals surface area contributed by atoms with Gasteiger partial charge < -0.3 is 9.47 Å². The van der Waals surface area contributed by atoms with Crippen molar-refractivity contribution in [3.05, 3.63) is 60.1 Å². The fourth-order valence-electron chi connectivity index (χ4n) is 1.74. The Morgan fingerprint density at radius 3 is 2.76 bits per heavy atom. The zero-order valence-corrected chi connectivity index (χ0v) is 9.54. The SMILES string of the molecule is CCOC1=CC=COC1(N=[N])c1ccccc1. The molecule has 0 bridgehead atoms. The van der Waals surface area contributed by atoms with Crippen molar-refractivity contribution >= 4 is 0 Å². The molecule has 0 fully saturated rings. The van der Waals surface area contributed by atoms with Gasteiger partial charge in [0, 0.05) is 5.56 Å². The molecule has 87 valence electrons. The molecule has 1 unspecified atom stereocenters. The van der Waals surface area contributed by atoms with Crippen molar-refractivity contribution in [2.75, 3.05) is 6.61 Å². The van der Waals surface area contributed by atoms with Gasteiger partial charge in [0.25, 0.3) is 0 Å². The first-order valence-corrected chi connectivity index (χ1v) is 5.43. The first kappa shape index (κ1) is 11.4. The minimum Gasteiger partial charge on any atom is -0.491 e. The molecular weight excluding hydrogens is 216 g/mol. The Morgan fingerprint density at radius 1 is 1.35 bits per heavy atom. The lowest BCUT2D eigenvalue weighted by Crippen LogP contribution is -2.31. The zero-order valence-electron chi connectivity index (χ0n) is 9.54. The molecule has 0 saturated heterocycles. The molecule has 4 nitrogen and oxygen atoms in total. The van der Waals surface area contributed by atoms with Crippen molar-refractivity contribution in [3.8, 4) is 0 Å². The average Bonchev–Trinajstić information content (AvgIpc) is 2.41. The molecule has 0 aliphatic carbocycles. The minimum atomic E-state index is -1.29. The maximum absolute atomic E-state index is 9.34. The predicted octanol–water partition coefficient (Wildman–Crippen LogP) is 2.56. The summed E-state index contributed by atoms with van der Waals surface area (Å²) in [6.45, 7) is 2.35. The van der Waals surface area contributed by atoms with Gasteiger partial charge in [-0.25, -0.2) is 0 Å².